The lowest BCUT2D eigenvalue weighted by Crippen LogP contribution is -1.77. The van der Waals surface area contributed by atoms with Crippen LogP contribution in [0.5, 0.6) is 0 Å². The zero-order valence-corrected chi connectivity index (χ0v) is 8.51. The molecule has 0 atom stereocenters. The fraction of sp³-hybridized carbons (Fsp3) is 0. The second kappa shape index (κ2) is 2.83. The van der Waals surface area contributed by atoms with Gasteiger partial charge in [-0.15, -0.1) is 24.0 Å². The third kappa shape index (κ3) is 1.18. The van der Waals surface area contributed by atoms with Crippen molar-refractivity contribution in [2.75, 3.05) is 5.73 Å². The van der Waals surface area contributed by atoms with E-state index in [1.54, 1.807) is 0 Å². The van der Waals surface area contributed by atoms with E-state index in [-0.39, 0.29) is 0 Å². The number of benzene rings is 1. The molecule has 4 heteroatoms. The first-order valence-electron chi connectivity index (χ1n) is 3.35. The number of thiol groups is 1. The van der Waals surface area contributed by atoms with Crippen LogP contribution in [0.25, 0.3) is 10.1 Å². The van der Waals surface area contributed by atoms with E-state index in [2.05, 4.69) is 12.6 Å². The molecule has 0 radical (unpaired) electrons. The molecule has 2 aromatic rings. The molecule has 0 saturated heterocycles. The maximum absolute atomic E-state index is 5.82. The molecular weight excluding hydrogens is 210 g/mol. The van der Waals surface area contributed by atoms with Crippen molar-refractivity contribution in [1.29, 1.82) is 0 Å². The molecule has 0 spiro atoms. The van der Waals surface area contributed by atoms with Crippen LogP contribution in [-0.4, -0.2) is 0 Å². The van der Waals surface area contributed by atoms with Crippen LogP contribution >= 0.6 is 35.6 Å². The predicted octanol–water partition coefficient (Wildman–Crippen LogP) is 3.43. The second-order valence-electron chi connectivity index (χ2n) is 2.46. The van der Waals surface area contributed by atoms with Crippen molar-refractivity contribution in [1.82, 2.24) is 0 Å². The summed E-state index contributed by atoms with van der Waals surface area (Å²) in [7, 11) is 0. The number of hydrogen-bond donors (Lipinski definition) is 2. The summed E-state index contributed by atoms with van der Waals surface area (Å²) in [6.45, 7) is 0. The molecule has 0 bridgehead atoms. The summed E-state index contributed by atoms with van der Waals surface area (Å²) in [5.74, 6) is 0. The van der Waals surface area contributed by atoms with Gasteiger partial charge in [-0.3, -0.25) is 0 Å². The number of halogens is 1. The molecule has 62 valence electrons. The fourth-order valence-electron chi connectivity index (χ4n) is 1.08. The third-order valence-corrected chi connectivity index (χ3v) is 3.50. The van der Waals surface area contributed by atoms with Crippen LogP contribution < -0.4 is 5.73 Å². The van der Waals surface area contributed by atoms with Crippen molar-refractivity contribution >= 4 is 50.7 Å². The maximum atomic E-state index is 5.82. The monoisotopic (exact) mass is 215 g/mol. The predicted molar refractivity (Wildman–Crippen MR) is 58.5 cm³/mol. The Bertz CT molecular complexity index is 436. The number of hydrogen-bond acceptors (Lipinski definition) is 3. The lowest BCUT2D eigenvalue weighted by Gasteiger charge is -1.90. The van der Waals surface area contributed by atoms with E-state index in [9.17, 15) is 0 Å². The average Bonchev–Trinajstić information content (AvgIpc) is 2.28. The molecule has 0 saturated carbocycles. The zero-order valence-electron chi connectivity index (χ0n) is 6.04. The van der Waals surface area contributed by atoms with Crippen molar-refractivity contribution < 1.29 is 0 Å². The highest BCUT2D eigenvalue weighted by Crippen LogP contribution is 2.37. The normalized spacial score (nSPS) is 10.8. The van der Waals surface area contributed by atoms with Gasteiger partial charge in [-0.1, -0.05) is 17.7 Å². The molecule has 1 nitrogen and oxygen atoms in total. The molecule has 2 rings (SSSR count). The van der Waals surface area contributed by atoms with Gasteiger partial charge in [-0.05, 0) is 12.1 Å². The van der Waals surface area contributed by atoms with Crippen LogP contribution in [0.3, 0.4) is 0 Å². The molecule has 0 unspecified atom stereocenters. The topological polar surface area (TPSA) is 26.0 Å². The van der Waals surface area contributed by atoms with Crippen LogP contribution in [-0.2, 0) is 0 Å². The van der Waals surface area contributed by atoms with Gasteiger partial charge in [-0.2, -0.15) is 0 Å². The van der Waals surface area contributed by atoms with Gasteiger partial charge in [0.05, 0.1) is 0 Å². The van der Waals surface area contributed by atoms with E-state index in [0.29, 0.717) is 0 Å². The van der Waals surface area contributed by atoms with E-state index >= 15 is 0 Å². The SMILES string of the molecule is Nc1sc2cc(Cl)ccc2c1S. The Morgan fingerprint density at radius 1 is 1.42 bits per heavy atom. The van der Waals surface area contributed by atoms with Crippen LogP contribution in [0.4, 0.5) is 5.00 Å². The maximum Gasteiger partial charge on any atom is 0.100 e. The quantitative estimate of drug-likeness (QED) is 0.647. The first-order chi connectivity index (χ1) is 5.68. The number of anilines is 1. The summed E-state index contributed by atoms with van der Waals surface area (Å²) in [4.78, 5) is 0.853. The first kappa shape index (κ1) is 8.23. The van der Waals surface area contributed by atoms with Gasteiger partial charge < -0.3 is 5.73 Å². The van der Waals surface area contributed by atoms with Crippen molar-refractivity contribution in [3.05, 3.63) is 23.2 Å². The molecule has 1 aromatic carbocycles. The zero-order chi connectivity index (χ0) is 8.72. The van der Waals surface area contributed by atoms with Crippen molar-refractivity contribution in [3.8, 4) is 0 Å². The lowest BCUT2D eigenvalue weighted by atomic mass is 10.3. The summed E-state index contributed by atoms with van der Waals surface area (Å²) in [6.07, 6.45) is 0. The minimum Gasteiger partial charge on any atom is -0.390 e. The van der Waals surface area contributed by atoms with E-state index in [1.165, 1.54) is 11.3 Å². The van der Waals surface area contributed by atoms with Crippen LogP contribution in [0.1, 0.15) is 0 Å². The van der Waals surface area contributed by atoms with Gasteiger partial charge in [0.15, 0.2) is 0 Å². The highest BCUT2D eigenvalue weighted by atomic mass is 35.5. The molecule has 0 aliphatic carbocycles. The van der Waals surface area contributed by atoms with E-state index < -0.39 is 0 Å². The van der Waals surface area contributed by atoms with Gasteiger partial charge in [0.25, 0.3) is 0 Å². The number of thiophene rings is 1. The minimum atomic E-state index is 0.733. The molecule has 0 fully saturated rings. The van der Waals surface area contributed by atoms with Crippen LogP contribution in [0, 0.1) is 0 Å². The highest BCUT2D eigenvalue weighted by molar-refractivity contribution is 7.81. The Kier molecular flexibility index (Phi) is 1.94. The molecule has 0 aliphatic rings. The Balaban J connectivity index is 2.87. The Labute approximate surface area is 84.6 Å². The summed E-state index contributed by atoms with van der Waals surface area (Å²) in [6, 6.07) is 5.68. The molecule has 0 aliphatic heterocycles. The van der Waals surface area contributed by atoms with E-state index in [4.69, 9.17) is 17.3 Å². The number of fused-ring (bicyclic) bond motifs is 1. The summed E-state index contributed by atoms with van der Waals surface area (Å²) in [5, 5.41) is 2.55. The molecule has 2 N–H and O–H groups in total. The number of nitrogens with two attached hydrogens (primary N) is 1. The third-order valence-electron chi connectivity index (χ3n) is 1.65. The number of nitrogen functional groups attached to an aromatic ring is 1. The molecule has 0 amide bonds. The van der Waals surface area contributed by atoms with Gasteiger partial charge in [0.1, 0.15) is 5.00 Å². The Morgan fingerprint density at radius 2 is 2.17 bits per heavy atom. The molecule has 1 aromatic heterocycles. The van der Waals surface area contributed by atoms with Crippen molar-refractivity contribution in [2.45, 2.75) is 4.90 Å². The summed E-state index contributed by atoms with van der Waals surface area (Å²) < 4.78 is 1.09. The largest absolute Gasteiger partial charge is 0.390 e. The van der Waals surface area contributed by atoms with Crippen LogP contribution in [0.15, 0.2) is 23.1 Å². The van der Waals surface area contributed by atoms with Gasteiger partial charge in [-0.25, -0.2) is 0 Å². The standard InChI is InChI=1S/C8H6ClNS2/c9-4-1-2-5-6(3-4)12-8(10)7(5)11/h1-3,11H,10H2. The number of rotatable bonds is 0. The van der Waals surface area contributed by atoms with E-state index in [0.717, 1.165) is 25.0 Å². The fourth-order valence-corrected chi connectivity index (χ4v) is 2.63. The average molecular weight is 216 g/mol. The molecular formula is C8H6ClNS2. The second-order valence-corrected chi connectivity index (χ2v) is 4.42. The Hall–Kier alpha value is -0.380. The molecule has 12 heavy (non-hydrogen) atoms. The molecule has 1 heterocycles. The van der Waals surface area contributed by atoms with Crippen molar-refractivity contribution in [3.63, 3.8) is 0 Å². The Morgan fingerprint density at radius 3 is 2.92 bits per heavy atom. The smallest absolute Gasteiger partial charge is 0.100 e. The van der Waals surface area contributed by atoms with Gasteiger partial charge in [0.2, 0.25) is 0 Å². The lowest BCUT2D eigenvalue weighted by molar-refractivity contribution is 1.66. The summed E-state index contributed by atoms with van der Waals surface area (Å²) >= 11 is 11.6. The van der Waals surface area contributed by atoms with Crippen molar-refractivity contribution in [2.24, 2.45) is 0 Å². The highest BCUT2D eigenvalue weighted by Gasteiger charge is 2.05. The van der Waals surface area contributed by atoms with Crippen LogP contribution in [0.2, 0.25) is 5.02 Å². The van der Waals surface area contributed by atoms with E-state index in [1.807, 2.05) is 18.2 Å². The summed E-state index contributed by atoms with van der Waals surface area (Å²) in [5.41, 5.74) is 5.70. The minimum absolute atomic E-state index is 0.733. The van der Waals surface area contributed by atoms with Gasteiger partial charge in [0, 0.05) is 20.0 Å². The first-order valence-corrected chi connectivity index (χ1v) is 4.99. The van der Waals surface area contributed by atoms with Gasteiger partial charge >= 0.3 is 0 Å².